The topological polar surface area (TPSA) is 46.9 Å². The van der Waals surface area contributed by atoms with Crippen molar-refractivity contribution in [1.29, 1.82) is 0 Å². The third kappa shape index (κ3) is 3.09. The number of amides is 1. The minimum Gasteiger partial charge on any atom is -0.352 e. The molecule has 1 amide bonds. The van der Waals surface area contributed by atoms with Crippen LogP contribution in [0, 0.1) is 26.7 Å². The Hall–Kier alpha value is -1.62. The van der Waals surface area contributed by atoms with Gasteiger partial charge in [-0.2, -0.15) is 0 Å². The molecule has 2 aromatic rings. The van der Waals surface area contributed by atoms with E-state index in [1.54, 1.807) is 11.3 Å². The first-order chi connectivity index (χ1) is 10.5. The summed E-state index contributed by atoms with van der Waals surface area (Å²) in [6.07, 6.45) is 2.49. The number of nitrogens with one attached hydrogen (secondary N) is 1. The van der Waals surface area contributed by atoms with Crippen LogP contribution in [0.3, 0.4) is 0 Å². The second-order valence-electron chi connectivity index (χ2n) is 6.32. The molecule has 0 aliphatic heterocycles. The Kier molecular flexibility index (Phi) is 4.08. The number of aryl methyl sites for hydroxylation is 2. The van der Waals surface area contributed by atoms with E-state index in [9.17, 15) is 4.79 Å². The van der Waals surface area contributed by atoms with E-state index in [2.05, 4.69) is 40.2 Å². The maximum absolute atomic E-state index is 12.3. The monoisotopic (exact) mass is 317 g/mol. The van der Waals surface area contributed by atoms with Crippen molar-refractivity contribution in [3.8, 4) is 11.3 Å². The molecule has 1 saturated carbocycles. The second kappa shape index (κ2) is 5.88. The van der Waals surface area contributed by atoms with E-state index in [0.29, 0.717) is 18.5 Å². The molecule has 1 aliphatic rings. The molecule has 1 atom stereocenters. The Labute approximate surface area is 135 Å². The Morgan fingerprint density at radius 1 is 1.45 bits per heavy atom. The van der Waals surface area contributed by atoms with Gasteiger partial charge in [0.1, 0.15) is 6.54 Å². The van der Waals surface area contributed by atoms with Gasteiger partial charge in [0.25, 0.3) is 0 Å². The number of hydrogen-bond donors (Lipinski definition) is 1. The highest BCUT2D eigenvalue weighted by atomic mass is 32.1. The summed E-state index contributed by atoms with van der Waals surface area (Å²) < 4.78 is 2.08. The molecular formula is C17H23N3OS. The van der Waals surface area contributed by atoms with Gasteiger partial charge in [0.15, 0.2) is 0 Å². The molecule has 1 N–H and O–H groups in total. The van der Waals surface area contributed by atoms with E-state index >= 15 is 0 Å². The van der Waals surface area contributed by atoms with Gasteiger partial charge in [0.2, 0.25) is 5.91 Å². The Morgan fingerprint density at radius 2 is 2.18 bits per heavy atom. The van der Waals surface area contributed by atoms with E-state index in [4.69, 9.17) is 0 Å². The van der Waals surface area contributed by atoms with Crippen molar-refractivity contribution in [3.63, 3.8) is 0 Å². The quantitative estimate of drug-likeness (QED) is 0.918. The number of carbonyl (C=O) groups is 1. The third-order valence-electron chi connectivity index (χ3n) is 4.49. The number of nitrogens with zero attached hydrogens (tertiary/aromatic N) is 2. The standard InChI is InChI=1S/C17H23N3OS/c1-10-7-15(16-9-22-13(4)19-16)12(3)20(10)8-17(21)18-11(2)14-5-6-14/h7,9,11,14H,5-6,8H2,1-4H3,(H,18,21)/t11-/m0/s1. The first-order valence-electron chi connectivity index (χ1n) is 7.84. The molecular weight excluding hydrogens is 294 g/mol. The summed E-state index contributed by atoms with van der Waals surface area (Å²) in [6, 6.07) is 2.42. The van der Waals surface area contributed by atoms with Crippen LogP contribution in [0.15, 0.2) is 11.4 Å². The first-order valence-corrected chi connectivity index (χ1v) is 8.72. The van der Waals surface area contributed by atoms with Crippen molar-refractivity contribution in [1.82, 2.24) is 14.9 Å². The van der Waals surface area contributed by atoms with E-state index in [0.717, 1.165) is 27.7 Å². The molecule has 2 aromatic heterocycles. The number of rotatable bonds is 5. The lowest BCUT2D eigenvalue weighted by Crippen LogP contribution is -2.36. The maximum Gasteiger partial charge on any atom is 0.240 e. The largest absolute Gasteiger partial charge is 0.352 e. The lowest BCUT2D eigenvalue weighted by atomic mass is 10.2. The van der Waals surface area contributed by atoms with Gasteiger partial charge in [-0.3, -0.25) is 4.79 Å². The minimum atomic E-state index is 0.0993. The summed E-state index contributed by atoms with van der Waals surface area (Å²) >= 11 is 1.66. The SMILES string of the molecule is Cc1nc(-c2cc(C)n(CC(=O)N[C@@H](C)C3CC3)c2C)cs1. The summed E-state index contributed by atoms with van der Waals surface area (Å²) in [5.41, 5.74) is 4.35. The van der Waals surface area contributed by atoms with Gasteiger partial charge < -0.3 is 9.88 Å². The summed E-state index contributed by atoms with van der Waals surface area (Å²) in [7, 11) is 0. The van der Waals surface area contributed by atoms with Crippen LogP contribution in [-0.2, 0) is 11.3 Å². The predicted molar refractivity (Wildman–Crippen MR) is 90.1 cm³/mol. The molecule has 1 fully saturated rings. The zero-order valence-corrected chi connectivity index (χ0v) is 14.5. The molecule has 5 heteroatoms. The number of hydrogen-bond acceptors (Lipinski definition) is 3. The van der Waals surface area contributed by atoms with Crippen LogP contribution in [0.2, 0.25) is 0 Å². The van der Waals surface area contributed by atoms with E-state index in [1.165, 1.54) is 12.8 Å². The third-order valence-corrected chi connectivity index (χ3v) is 5.26. The van der Waals surface area contributed by atoms with Crippen LogP contribution >= 0.6 is 11.3 Å². The highest BCUT2D eigenvalue weighted by molar-refractivity contribution is 7.09. The fourth-order valence-electron chi connectivity index (χ4n) is 2.95. The zero-order valence-electron chi connectivity index (χ0n) is 13.6. The van der Waals surface area contributed by atoms with Gasteiger partial charge in [0.05, 0.1) is 10.7 Å². The average Bonchev–Trinajstić information content (AvgIpc) is 3.18. The maximum atomic E-state index is 12.3. The lowest BCUT2D eigenvalue weighted by molar-refractivity contribution is -0.122. The molecule has 0 spiro atoms. The highest BCUT2D eigenvalue weighted by Gasteiger charge is 2.29. The molecule has 0 bridgehead atoms. The second-order valence-corrected chi connectivity index (χ2v) is 7.38. The minimum absolute atomic E-state index is 0.0993. The van der Waals surface area contributed by atoms with E-state index < -0.39 is 0 Å². The van der Waals surface area contributed by atoms with Gasteiger partial charge in [0, 0.05) is 28.4 Å². The molecule has 4 nitrogen and oxygen atoms in total. The Morgan fingerprint density at radius 3 is 2.77 bits per heavy atom. The summed E-state index contributed by atoms with van der Waals surface area (Å²) in [4.78, 5) is 16.8. The number of thiazole rings is 1. The van der Waals surface area contributed by atoms with Gasteiger partial charge in [-0.25, -0.2) is 4.98 Å². The van der Waals surface area contributed by atoms with Gasteiger partial charge in [-0.1, -0.05) is 0 Å². The van der Waals surface area contributed by atoms with E-state index in [1.807, 2.05) is 13.8 Å². The van der Waals surface area contributed by atoms with Crippen LogP contribution in [-0.4, -0.2) is 21.5 Å². The number of carbonyl (C=O) groups excluding carboxylic acids is 1. The molecule has 0 radical (unpaired) electrons. The molecule has 2 heterocycles. The average molecular weight is 317 g/mol. The van der Waals surface area contributed by atoms with Crippen LogP contribution in [0.25, 0.3) is 11.3 Å². The van der Waals surface area contributed by atoms with Crippen molar-refractivity contribution in [2.24, 2.45) is 5.92 Å². The zero-order chi connectivity index (χ0) is 15.9. The molecule has 22 heavy (non-hydrogen) atoms. The summed E-state index contributed by atoms with van der Waals surface area (Å²) in [5, 5.41) is 6.27. The highest BCUT2D eigenvalue weighted by Crippen LogP contribution is 2.32. The lowest BCUT2D eigenvalue weighted by Gasteiger charge is -2.15. The first kappa shape index (κ1) is 15.3. The van der Waals surface area contributed by atoms with Crippen molar-refractivity contribution >= 4 is 17.2 Å². The Balaban J connectivity index is 1.76. The molecule has 118 valence electrons. The molecule has 3 rings (SSSR count). The number of aromatic nitrogens is 2. The molecule has 0 aromatic carbocycles. The van der Waals surface area contributed by atoms with Gasteiger partial charge >= 0.3 is 0 Å². The van der Waals surface area contributed by atoms with Gasteiger partial charge in [-0.15, -0.1) is 11.3 Å². The fraction of sp³-hybridized carbons (Fsp3) is 0.529. The van der Waals surface area contributed by atoms with Crippen molar-refractivity contribution in [2.75, 3.05) is 0 Å². The van der Waals surface area contributed by atoms with Crippen molar-refractivity contribution in [2.45, 2.75) is 53.1 Å². The van der Waals surface area contributed by atoms with Crippen LogP contribution < -0.4 is 5.32 Å². The fourth-order valence-corrected chi connectivity index (χ4v) is 3.56. The predicted octanol–water partition coefficient (Wildman–Crippen LogP) is 3.45. The Bertz CT molecular complexity index is 697. The van der Waals surface area contributed by atoms with Crippen molar-refractivity contribution < 1.29 is 4.79 Å². The van der Waals surface area contributed by atoms with Gasteiger partial charge in [-0.05, 0) is 52.5 Å². The van der Waals surface area contributed by atoms with E-state index in [-0.39, 0.29) is 5.91 Å². The van der Waals surface area contributed by atoms with Crippen LogP contribution in [0.1, 0.15) is 36.2 Å². The summed E-state index contributed by atoms with van der Waals surface area (Å²) in [6.45, 7) is 8.62. The molecule has 0 saturated heterocycles. The smallest absolute Gasteiger partial charge is 0.240 e. The summed E-state index contributed by atoms with van der Waals surface area (Å²) in [5.74, 6) is 0.784. The molecule has 1 aliphatic carbocycles. The van der Waals surface area contributed by atoms with Crippen LogP contribution in [0.5, 0.6) is 0 Å². The van der Waals surface area contributed by atoms with Crippen LogP contribution in [0.4, 0.5) is 0 Å². The normalized spacial score (nSPS) is 15.8. The molecule has 0 unspecified atom stereocenters. The van der Waals surface area contributed by atoms with Crippen molar-refractivity contribution in [3.05, 3.63) is 27.8 Å².